The minimum atomic E-state index is -4.75. The quantitative estimate of drug-likeness (QED) is 0.554. The van der Waals surface area contributed by atoms with E-state index in [2.05, 4.69) is 9.72 Å². The van der Waals surface area contributed by atoms with Crippen molar-refractivity contribution in [2.24, 2.45) is 5.73 Å². The third-order valence-electron chi connectivity index (χ3n) is 4.80. The molecule has 0 spiro atoms. The molecule has 1 aliphatic carbocycles. The van der Waals surface area contributed by atoms with Crippen LogP contribution in [0.5, 0.6) is 5.75 Å². The number of aromatic nitrogens is 2. The molecule has 2 aromatic heterocycles. The molecule has 8 heteroatoms. The fourth-order valence-electron chi connectivity index (χ4n) is 3.73. The molecule has 3 aromatic rings. The van der Waals surface area contributed by atoms with Gasteiger partial charge in [-0.2, -0.15) is 4.39 Å². The van der Waals surface area contributed by atoms with E-state index in [-0.39, 0.29) is 11.8 Å². The lowest BCUT2D eigenvalue weighted by atomic mass is 9.92. The predicted octanol–water partition coefficient (Wildman–Crippen LogP) is 3.94. The van der Waals surface area contributed by atoms with Crippen molar-refractivity contribution in [1.29, 1.82) is 0 Å². The van der Waals surface area contributed by atoms with E-state index in [0.717, 1.165) is 23.2 Å². The van der Waals surface area contributed by atoms with Gasteiger partial charge in [0.15, 0.2) is 0 Å². The van der Waals surface area contributed by atoms with Crippen LogP contribution in [0.1, 0.15) is 23.4 Å². The maximum Gasteiger partial charge on any atom is 0.573 e. The van der Waals surface area contributed by atoms with E-state index < -0.39 is 12.3 Å². The second-order valence-corrected chi connectivity index (χ2v) is 6.69. The summed E-state index contributed by atoms with van der Waals surface area (Å²) in [7, 11) is 0. The molecule has 1 atom stereocenters. The summed E-state index contributed by atoms with van der Waals surface area (Å²) >= 11 is 0. The van der Waals surface area contributed by atoms with Gasteiger partial charge in [-0.25, -0.2) is 4.98 Å². The van der Waals surface area contributed by atoms with E-state index in [0.29, 0.717) is 30.5 Å². The molecule has 1 aliphatic rings. The summed E-state index contributed by atoms with van der Waals surface area (Å²) in [5.74, 6) is -0.835. The molecule has 0 radical (unpaired) electrons. The van der Waals surface area contributed by atoms with Crippen LogP contribution >= 0.6 is 0 Å². The van der Waals surface area contributed by atoms with Gasteiger partial charge in [-0.15, -0.1) is 13.2 Å². The molecule has 4 rings (SSSR count). The lowest BCUT2D eigenvalue weighted by Crippen LogP contribution is -2.28. The van der Waals surface area contributed by atoms with Crippen LogP contribution in [0.3, 0.4) is 0 Å². The average Bonchev–Trinajstić information content (AvgIpc) is 2.86. The van der Waals surface area contributed by atoms with E-state index >= 15 is 0 Å². The second kappa shape index (κ2) is 6.53. The lowest BCUT2D eigenvalue weighted by molar-refractivity contribution is -0.274. The van der Waals surface area contributed by atoms with Crippen LogP contribution in [-0.4, -0.2) is 22.0 Å². The van der Waals surface area contributed by atoms with E-state index in [1.165, 1.54) is 18.2 Å². The van der Waals surface area contributed by atoms with E-state index in [4.69, 9.17) is 5.73 Å². The Kier molecular flexibility index (Phi) is 4.30. The minimum Gasteiger partial charge on any atom is -0.406 e. The van der Waals surface area contributed by atoms with Crippen LogP contribution < -0.4 is 10.5 Å². The fourth-order valence-corrected chi connectivity index (χ4v) is 3.73. The molecule has 27 heavy (non-hydrogen) atoms. The number of halogens is 4. The number of alkyl halides is 3. The molecule has 0 saturated carbocycles. The monoisotopic (exact) mass is 379 g/mol. The van der Waals surface area contributed by atoms with Crippen molar-refractivity contribution in [2.45, 2.75) is 38.2 Å². The third kappa shape index (κ3) is 3.62. The molecule has 2 heterocycles. The van der Waals surface area contributed by atoms with Crippen molar-refractivity contribution in [3.8, 4) is 5.75 Å². The van der Waals surface area contributed by atoms with Gasteiger partial charge in [0.2, 0.25) is 5.95 Å². The first-order valence-electron chi connectivity index (χ1n) is 8.57. The molecule has 1 aromatic carbocycles. The van der Waals surface area contributed by atoms with Gasteiger partial charge in [0.25, 0.3) is 0 Å². The van der Waals surface area contributed by atoms with Crippen LogP contribution in [0.2, 0.25) is 0 Å². The van der Waals surface area contributed by atoms with Crippen LogP contribution in [0.25, 0.3) is 10.9 Å². The normalized spacial score (nSPS) is 17.1. The first-order valence-corrected chi connectivity index (χ1v) is 8.57. The predicted molar refractivity (Wildman–Crippen MR) is 91.9 cm³/mol. The highest BCUT2D eigenvalue weighted by Gasteiger charge is 2.32. The largest absolute Gasteiger partial charge is 0.573 e. The lowest BCUT2D eigenvalue weighted by Gasteiger charge is -2.20. The van der Waals surface area contributed by atoms with Gasteiger partial charge in [0.1, 0.15) is 5.75 Å². The Bertz CT molecular complexity index is 997. The molecule has 2 N–H and O–H groups in total. The van der Waals surface area contributed by atoms with Gasteiger partial charge < -0.3 is 15.0 Å². The number of nitrogens with zero attached hydrogens (tertiary/aromatic N) is 2. The Balaban J connectivity index is 1.83. The number of pyridine rings is 1. The number of hydrogen-bond donors (Lipinski definition) is 1. The standard InChI is InChI=1S/C19H17F4N3O/c20-18-3-1-2-12(25-18)10-26-16-6-4-11(24)8-14(16)15-9-13(5-7-17(15)26)27-19(21,22)23/h1-3,5,7,9,11H,4,6,8,10,24H2. The van der Waals surface area contributed by atoms with Crippen molar-refractivity contribution >= 4 is 10.9 Å². The van der Waals surface area contributed by atoms with Crippen LogP contribution in [-0.2, 0) is 19.4 Å². The molecule has 1 unspecified atom stereocenters. The minimum absolute atomic E-state index is 0.0453. The number of ether oxygens (including phenoxy) is 1. The summed E-state index contributed by atoms with van der Waals surface area (Å²) in [6, 6.07) is 8.81. The van der Waals surface area contributed by atoms with Crippen molar-refractivity contribution in [2.75, 3.05) is 0 Å². The summed E-state index contributed by atoms with van der Waals surface area (Å²) < 4.78 is 57.2. The molecule has 0 amide bonds. The molecular formula is C19H17F4N3O. The Morgan fingerprint density at radius 1 is 1.22 bits per heavy atom. The first kappa shape index (κ1) is 17.8. The van der Waals surface area contributed by atoms with Crippen LogP contribution in [0.15, 0.2) is 36.4 Å². The van der Waals surface area contributed by atoms with Gasteiger partial charge in [0, 0.05) is 22.6 Å². The van der Waals surface area contributed by atoms with Gasteiger partial charge in [0.05, 0.1) is 12.2 Å². The first-order chi connectivity index (χ1) is 12.8. The Morgan fingerprint density at radius 2 is 2.04 bits per heavy atom. The Hall–Kier alpha value is -2.61. The zero-order valence-electron chi connectivity index (χ0n) is 14.3. The highest BCUT2D eigenvalue weighted by atomic mass is 19.4. The van der Waals surface area contributed by atoms with Crippen molar-refractivity contribution in [3.05, 3.63) is 59.3 Å². The SMILES string of the molecule is NC1CCc2c(c3cc(OC(F)(F)F)ccc3n2Cc2cccc(F)n2)C1. The van der Waals surface area contributed by atoms with Crippen molar-refractivity contribution in [1.82, 2.24) is 9.55 Å². The molecule has 0 fully saturated rings. The third-order valence-corrected chi connectivity index (χ3v) is 4.80. The maximum atomic E-state index is 13.5. The highest BCUT2D eigenvalue weighted by Crippen LogP contribution is 2.35. The van der Waals surface area contributed by atoms with Crippen LogP contribution in [0, 0.1) is 5.95 Å². The molecule has 0 saturated heterocycles. The zero-order chi connectivity index (χ0) is 19.2. The molecule has 0 aliphatic heterocycles. The van der Waals surface area contributed by atoms with E-state index in [9.17, 15) is 17.6 Å². The Labute approximate surface area is 152 Å². The topological polar surface area (TPSA) is 53.1 Å². The number of rotatable bonds is 3. The van der Waals surface area contributed by atoms with Gasteiger partial charge in [-0.3, -0.25) is 0 Å². The van der Waals surface area contributed by atoms with Gasteiger partial charge in [-0.1, -0.05) is 6.07 Å². The summed E-state index contributed by atoms with van der Waals surface area (Å²) in [4.78, 5) is 3.90. The number of fused-ring (bicyclic) bond motifs is 3. The molecule has 4 nitrogen and oxygen atoms in total. The molecule has 0 bridgehead atoms. The van der Waals surface area contributed by atoms with E-state index in [1.807, 2.05) is 4.57 Å². The molecular weight excluding hydrogens is 362 g/mol. The van der Waals surface area contributed by atoms with Crippen LogP contribution in [0.4, 0.5) is 17.6 Å². The summed E-state index contributed by atoms with van der Waals surface area (Å²) in [6.07, 6.45) is -2.69. The number of hydrogen-bond acceptors (Lipinski definition) is 3. The Morgan fingerprint density at radius 3 is 2.78 bits per heavy atom. The second-order valence-electron chi connectivity index (χ2n) is 6.69. The van der Waals surface area contributed by atoms with Gasteiger partial charge >= 0.3 is 6.36 Å². The summed E-state index contributed by atoms with van der Waals surface area (Å²) in [5.41, 5.74) is 9.31. The fraction of sp³-hybridized carbons (Fsp3) is 0.316. The smallest absolute Gasteiger partial charge is 0.406 e. The molecule has 142 valence electrons. The maximum absolute atomic E-state index is 13.5. The van der Waals surface area contributed by atoms with Gasteiger partial charge in [-0.05, 0) is 55.2 Å². The van der Waals surface area contributed by atoms with Crippen molar-refractivity contribution in [3.63, 3.8) is 0 Å². The number of benzene rings is 1. The number of nitrogens with two attached hydrogens (primary N) is 1. The van der Waals surface area contributed by atoms with E-state index in [1.54, 1.807) is 18.2 Å². The van der Waals surface area contributed by atoms with Crippen molar-refractivity contribution < 1.29 is 22.3 Å². The highest BCUT2D eigenvalue weighted by molar-refractivity contribution is 5.87. The zero-order valence-corrected chi connectivity index (χ0v) is 14.3. The average molecular weight is 379 g/mol. The summed E-state index contributed by atoms with van der Waals surface area (Å²) in [5, 5.41) is 0.679. The summed E-state index contributed by atoms with van der Waals surface area (Å²) in [6.45, 7) is 0.332.